The molecule has 3 amide bonds. The predicted molar refractivity (Wildman–Crippen MR) is 113 cm³/mol. The molecule has 1 saturated heterocycles. The fourth-order valence-electron chi connectivity index (χ4n) is 3.58. The Morgan fingerprint density at radius 3 is 2.55 bits per heavy atom. The maximum Gasteiger partial charge on any atom is 0.329 e. The van der Waals surface area contributed by atoms with Crippen molar-refractivity contribution in [1.82, 2.24) is 14.8 Å². The molecule has 2 heterocycles. The van der Waals surface area contributed by atoms with Crippen molar-refractivity contribution >= 4 is 18.0 Å². The third kappa shape index (κ3) is 3.59. The van der Waals surface area contributed by atoms with Gasteiger partial charge in [-0.3, -0.25) is 9.69 Å². The number of amides is 3. The van der Waals surface area contributed by atoms with E-state index in [1.807, 2.05) is 66.2 Å². The SMILES string of the molecule is Cc1cccc(CN2C(=O)N/C(=C/c3cccn3-c3cccc(C)c3C)C2=O)c1. The van der Waals surface area contributed by atoms with Gasteiger partial charge in [-0.25, -0.2) is 4.79 Å². The zero-order valence-electron chi connectivity index (χ0n) is 16.8. The second kappa shape index (κ2) is 7.43. The second-order valence-corrected chi connectivity index (χ2v) is 7.39. The standard InChI is InChI=1S/C24H23N3O2/c1-16-7-4-9-19(13-16)15-27-23(28)21(25-24(27)29)14-20-10-6-12-26(20)22-11-5-8-17(2)18(22)3/h4-14H,15H2,1-3H3,(H,25,29)/b21-14+. The number of rotatable bonds is 4. The van der Waals surface area contributed by atoms with Crippen LogP contribution in [0.25, 0.3) is 11.8 Å². The predicted octanol–water partition coefficient (Wildman–Crippen LogP) is 4.50. The van der Waals surface area contributed by atoms with Crippen molar-refractivity contribution in [3.63, 3.8) is 0 Å². The molecule has 0 unspecified atom stereocenters. The molecule has 1 N–H and O–H groups in total. The highest BCUT2D eigenvalue weighted by molar-refractivity contribution is 6.13. The van der Waals surface area contributed by atoms with Gasteiger partial charge in [0.15, 0.2) is 0 Å². The highest BCUT2D eigenvalue weighted by atomic mass is 16.2. The molecule has 1 aliphatic heterocycles. The van der Waals surface area contributed by atoms with Gasteiger partial charge in [0, 0.05) is 17.6 Å². The monoisotopic (exact) mass is 385 g/mol. The zero-order valence-corrected chi connectivity index (χ0v) is 16.8. The average molecular weight is 385 g/mol. The molecule has 0 aliphatic carbocycles. The number of imide groups is 1. The van der Waals surface area contributed by atoms with Gasteiger partial charge in [0.1, 0.15) is 5.70 Å². The Hall–Kier alpha value is -3.60. The van der Waals surface area contributed by atoms with Crippen molar-refractivity contribution in [3.05, 3.63) is 94.4 Å². The van der Waals surface area contributed by atoms with E-state index in [4.69, 9.17) is 0 Å². The van der Waals surface area contributed by atoms with Crippen LogP contribution in [0.2, 0.25) is 0 Å². The Labute approximate surface area is 170 Å². The zero-order chi connectivity index (χ0) is 20.5. The van der Waals surface area contributed by atoms with Crippen LogP contribution < -0.4 is 5.32 Å². The van der Waals surface area contributed by atoms with Gasteiger partial charge in [0.05, 0.1) is 6.54 Å². The molecule has 1 aromatic heterocycles. The Kier molecular flexibility index (Phi) is 4.80. The van der Waals surface area contributed by atoms with Crippen LogP contribution in [0.1, 0.15) is 27.9 Å². The lowest BCUT2D eigenvalue weighted by Crippen LogP contribution is -2.30. The summed E-state index contributed by atoms with van der Waals surface area (Å²) >= 11 is 0. The van der Waals surface area contributed by atoms with E-state index >= 15 is 0 Å². The molecule has 5 heteroatoms. The number of carbonyl (C=O) groups is 2. The number of aromatic nitrogens is 1. The van der Waals surface area contributed by atoms with Gasteiger partial charge < -0.3 is 9.88 Å². The van der Waals surface area contributed by atoms with Crippen LogP contribution in [0.5, 0.6) is 0 Å². The van der Waals surface area contributed by atoms with Crippen LogP contribution in [-0.4, -0.2) is 21.4 Å². The van der Waals surface area contributed by atoms with Crippen molar-refractivity contribution in [3.8, 4) is 5.69 Å². The molecule has 4 rings (SSSR count). The first-order valence-corrected chi connectivity index (χ1v) is 9.58. The molecule has 29 heavy (non-hydrogen) atoms. The number of hydrogen-bond donors (Lipinski definition) is 1. The van der Waals surface area contributed by atoms with Gasteiger partial charge in [0.2, 0.25) is 0 Å². The van der Waals surface area contributed by atoms with Gasteiger partial charge >= 0.3 is 6.03 Å². The Bertz CT molecular complexity index is 1140. The Morgan fingerprint density at radius 2 is 1.76 bits per heavy atom. The number of urea groups is 1. The average Bonchev–Trinajstić information content (AvgIpc) is 3.24. The van der Waals surface area contributed by atoms with Crippen molar-refractivity contribution in [2.24, 2.45) is 0 Å². The van der Waals surface area contributed by atoms with Gasteiger partial charge in [-0.05, 0) is 61.7 Å². The summed E-state index contributed by atoms with van der Waals surface area (Å²) in [6, 6.07) is 17.4. The first kappa shape index (κ1) is 18.7. The molecule has 1 fully saturated rings. The van der Waals surface area contributed by atoms with Crippen molar-refractivity contribution in [2.75, 3.05) is 0 Å². The molecule has 0 radical (unpaired) electrons. The lowest BCUT2D eigenvalue weighted by atomic mass is 10.1. The molecule has 146 valence electrons. The van der Waals surface area contributed by atoms with Crippen LogP contribution in [0.15, 0.2) is 66.5 Å². The van der Waals surface area contributed by atoms with Crippen LogP contribution in [-0.2, 0) is 11.3 Å². The minimum Gasteiger partial charge on any atom is -0.317 e. The number of hydrogen-bond acceptors (Lipinski definition) is 2. The topological polar surface area (TPSA) is 54.3 Å². The smallest absolute Gasteiger partial charge is 0.317 e. The van der Waals surface area contributed by atoms with Crippen LogP contribution in [0.3, 0.4) is 0 Å². The number of nitrogens with one attached hydrogen (secondary N) is 1. The highest BCUT2D eigenvalue weighted by Crippen LogP contribution is 2.23. The lowest BCUT2D eigenvalue weighted by molar-refractivity contribution is -0.123. The van der Waals surface area contributed by atoms with Crippen molar-refractivity contribution < 1.29 is 9.59 Å². The van der Waals surface area contributed by atoms with E-state index in [2.05, 4.69) is 25.2 Å². The van der Waals surface area contributed by atoms with Crippen molar-refractivity contribution in [1.29, 1.82) is 0 Å². The molecule has 1 aliphatic rings. The van der Waals surface area contributed by atoms with E-state index in [-0.39, 0.29) is 18.1 Å². The number of carbonyl (C=O) groups excluding carboxylic acids is 2. The molecule has 2 aromatic carbocycles. The first-order chi connectivity index (χ1) is 13.9. The van der Waals surface area contributed by atoms with Gasteiger partial charge in [-0.1, -0.05) is 42.0 Å². The third-order valence-electron chi connectivity index (χ3n) is 5.29. The number of aryl methyl sites for hydroxylation is 2. The lowest BCUT2D eigenvalue weighted by Gasteiger charge is -2.13. The molecular formula is C24H23N3O2. The van der Waals surface area contributed by atoms with E-state index in [1.54, 1.807) is 6.08 Å². The minimum absolute atomic E-state index is 0.252. The van der Waals surface area contributed by atoms with Crippen LogP contribution in [0, 0.1) is 20.8 Å². The summed E-state index contributed by atoms with van der Waals surface area (Å²) in [5, 5.41) is 2.72. The van der Waals surface area contributed by atoms with Gasteiger partial charge in [-0.15, -0.1) is 0 Å². The van der Waals surface area contributed by atoms with Crippen molar-refractivity contribution in [2.45, 2.75) is 27.3 Å². The molecular weight excluding hydrogens is 362 g/mol. The maximum atomic E-state index is 12.9. The number of nitrogens with zero attached hydrogens (tertiary/aromatic N) is 2. The summed E-state index contributed by atoms with van der Waals surface area (Å²) in [5.74, 6) is -0.315. The van der Waals surface area contributed by atoms with Gasteiger partial charge in [0.25, 0.3) is 5.91 Å². The largest absolute Gasteiger partial charge is 0.329 e. The minimum atomic E-state index is -0.396. The summed E-state index contributed by atoms with van der Waals surface area (Å²) in [4.78, 5) is 26.5. The second-order valence-electron chi connectivity index (χ2n) is 7.39. The molecule has 0 spiro atoms. The maximum absolute atomic E-state index is 12.9. The quantitative estimate of drug-likeness (QED) is 0.531. The summed E-state index contributed by atoms with van der Waals surface area (Å²) in [6.45, 7) is 6.39. The van der Waals surface area contributed by atoms with E-state index in [9.17, 15) is 9.59 Å². The van der Waals surface area contributed by atoms with Crippen LogP contribution >= 0.6 is 0 Å². The highest BCUT2D eigenvalue weighted by Gasteiger charge is 2.33. The Morgan fingerprint density at radius 1 is 0.966 bits per heavy atom. The molecule has 3 aromatic rings. The third-order valence-corrected chi connectivity index (χ3v) is 5.29. The van der Waals surface area contributed by atoms with E-state index in [0.29, 0.717) is 0 Å². The summed E-state index contributed by atoms with van der Waals surface area (Å²) in [6.07, 6.45) is 3.69. The summed E-state index contributed by atoms with van der Waals surface area (Å²) in [5.41, 5.74) is 6.56. The number of benzene rings is 2. The van der Waals surface area contributed by atoms with Crippen LogP contribution in [0.4, 0.5) is 4.79 Å². The first-order valence-electron chi connectivity index (χ1n) is 9.58. The fraction of sp³-hybridized carbons (Fsp3) is 0.167. The van der Waals surface area contributed by atoms with E-state index in [1.165, 1.54) is 16.0 Å². The Balaban J connectivity index is 1.63. The normalized spacial score (nSPS) is 15.3. The summed E-state index contributed by atoms with van der Waals surface area (Å²) in [7, 11) is 0. The van der Waals surface area contributed by atoms with E-state index < -0.39 is 6.03 Å². The molecule has 0 saturated carbocycles. The molecule has 0 atom stereocenters. The fourth-order valence-corrected chi connectivity index (χ4v) is 3.58. The molecule has 5 nitrogen and oxygen atoms in total. The van der Waals surface area contributed by atoms with E-state index in [0.717, 1.165) is 22.5 Å². The summed E-state index contributed by atoms with van der Waals surface area (Å²) < 4.78 is 2.03. The van der Waals surface area contributed by atoms with Gasteiger partial charge in [-0.2, -0.15) is 0 Å². The molecule has 0 bridgehead atoms.